The molecule has 0 spiro atoms. The van der Waals surface area contributed by atoms with Gasteiger partial charge < -0.3 is 14.2 Å². The molecule has 3 heterocycles. The molecule has 0 saturated carbocycles. The number of anilines is 1. The topological polar surface area (TPSA) is 62.5 Å². The van der Waals surface area contributed by atoms with Crippen molar-refractivity contribution in [3.05, 3.63) is 5.89 Å². The number of carbonyl (C=O) groups is 1. The first-order valence-electron chi connectivity index (χ1n) is 7.64. The second-order valence-electron chi connectivity index (χ2n) is 5.66. The molecule has 6 nitrogen and oxygen atoms in total. The summed E-state index contributed by atoms with van der Waals surface area (Å²) in [6.45, 7) is 4.76. The Labute approximate surface area is 119 Å². The number of nitrogens with zero attached hydrogens (tertiary/aromatic N) is 4. The van der Waals surface area contributed by atoms with E-state index >= 15 is 0 Å². The van der Waals surface area contributed by atoms with Crippen LogP contribution >= 0.6 is 0 Å². The third kappa shape index (κ3) is 2.64. The molecule has 1 atom stereocenters. The van der Waals surface area contributed by atoms with Gasteiger partial charge in [0.2, 0.25) is 11.8 Å². The van der Waals surface area contributed by atoms with Gasteiger partial charge in [-0.2, -0.15) is 0 Å². The summed E-state index contributed by atoms with van der Waals surface area (Å²) >= 11 is 0. The molecule has 2 aliphatic heterocycles. The predicted octanol–water partition coefficient (Wildman–Crippen LogP) is 1.61. The van der Waals surface area contributed by atoms with Gasteiger partial charge in [-0.1, -0.05) is 12.0 Å². The highest BCUT2D eigenvalue weighted by Gasteiger charge is 2.32. The van der Waals surface area contributed by atoms with Crippen molar-refractivity contribution >= 4 is 11.9 Å². The summed E-state index contributed by atoms with van der Waals surface area (Å²) in [4.78, 5) is 16.0. The van der Waals surface area contributed by atoms with Crippen LogP contribution in [0.5, 0.6) is 0 Å². The molecule has 110 valence electrons. The van der Waals surface area contributed by atoms with Crippen molar-refractivity contribution in [3.63, 3.8) is 0 Å². The molecule has 0 aliphatic carbocycles. The molecule has 2 fully saturated rings. The molecular weight excluding hydrogens is 256 g/mol. The number of likely N-dealkylation sites (tertiary alicyclic amines) is 1. The van der Waals surface area contributed by atoms with Crippen molar-refractivity contribution in [1.29, 1.82) is 0 Å². The number of carbonyl (C=O) groups excluding carboxylic acids is 1. The lowest BCUT2D eigenvalue weighted by Crippen LogP contribution is -2.48. The van der Waals surface area contributed by atoms with Crippen LogP contribution in [-0.2, 0) is 11.2 Å². The van der Waals surface area contributed by atoms with E-state index in [9.17, 15) is 4.79 Å². The number of hydrogen-bond acceptors (Lipinski definition) is 5. The lowest BCUT2D eigenvalue weighted by molar-refractivity contribution is -0.129. The summed E-state index contributed by atoms with van der Waals surface area (Å²) in [7, 11) is 0. The first-order valence-corrected chi connectivity index (χ1v) is 7.64. The third-order valence-corrected chi connectivity index (χ3v) is 4.14. The molecule has 2 saturated heterocycles. The number of amides is 1. The van der Waals surface area contributed by atoms with Crippen molar-refractivity contribution in [1.82, 2.24) is 15.1 Å². The van der Waals surface area contributed by atoms with E-state index in [-0.39, 0.29) is 0 Å². The molecular formula is C14H22N4O2. The van der Waals surface area contributed by atoms with Gasteiger partial charge in [-0.25, -0.2) is 0 Å². The molecule has 1 aromatic rings. The highest BCUT2D eigenvalue weighted by Crippen LogP contribution is 2.24. The summed E-state index contributed by atoms with van der Waals surface area (Å²) in [5.41, 5.74) is 0. The van der Waals surface area contributed by atoms with Crippen LogP contribution in [0.25, 0.3) is 0 Å². The van der Waals surface area contributed by atoms with Crippen LogP contribution in [0.4, 0.5) is 6.01 Å². The van der Waals surface area contributed by atoms with Crippen LogP contribution in [0, 0.1) is 0 Å². The van der Waals surface area contributed by atoms with E-state index in [0.29, 0.717) is 30.3 Å². The average molecular weight is 278 g/mol. The summed E-state index contributed by atoms with van der Waals surface area (Å²) in [5.74, 6) is 1.01. The third-order valence-electron chi connectivity index (χ3n) is 4.14. The molecule has 0 N–H and O–H groups in total. The largest absolute Gasteiger partial charge is 0.408 e. The van der Waals surface area contributed by atoms with Crippen LogP contribution in [0.15, 0.2) is 4.42 Å². The lowest BCUT2D eigenvalue weighted by Gasteiger charge is -2.36. The normalized spacial score (nSPS) is 23.6. The number of rotatable bonds is 4. The van der Waals surface area contributed by atoms with Crippen molar-refractivity contribution in [2.24, 2.45) is 0 Å². The number of hydrogen-bond donors (Lipinski definition) is 0. The van der Waals surface area contributed by atoms with Gasteiger partial charge in [0, 0.05) is 38.5 Å². The standard InChI is InChI=1S/C14H22N4O2/c1-2-5-12-15-16-14(20-12)17-8-3-6-11(10-17)18-9-4-7-13(18)19/h11H,2-10H2,1H3. The van der Waals surface area contributed by atoms with Gasteiger partial charge in [-0.3, -0.25) is 4.79 Å². The van der Waals surface area contributed by atoms with Gasteiger partial charge in [0.15, 0.2) is 0 Å². The minimum absolute atomic E-state index is 0.300. The SMILES string of the molecule is CCCc1nnc(N2CCCC(N3CCCC3=O)C2)o1. The van der Waals surface area contributed by atoms with E-state index < -0.39 is 0 Å². The fraction of sp³-hybridized carbons (Fsp3) is 0.786. The van der Waals surface area contributed by atoms with Crippen LogP contribution in [-0.4, -0.2) is 46.7 Å². The Hall–Kier alpha value is -1.59. The van der Waals surface area contributed by atoms with Gasteiger partial charge in [-0.15, -0.1) is 5.10 Å². The summed E-state index contributed by atoms with van der Waals surface area (Å²) < 4.78 is 5.70. The van der Waals surface area contributed by atoms with Gasteiger partial charge in [-0.05, 0) is 25.7 Å². The molecule has 1 aromatic heterocycles. The van der Waals surface area contributed by atoms with E-state index in [2.05, 4.69) is 22.0 Å². The average Bonchev–Trinajstić information content (AvgIpc) is 3.08. The fourth-order valence-electron chi connectivity index (χ4n) is 3.13. The minimum atomic E-state index is 0.300. The maximum atomic E-state index is 11.9. The maximum Gasteiger partial charge on any atom is 0.318 e. The highest BCUT2D eigenvalue weighted by molar-refractivity contribution is 5.78. The van der Waals surface area contributed by atoms with Gasteiger partial charge >= 0.3 is 6.01 Å². The van der Waals surface area contributed by atoms with E-state index in [1.807, 2.05) is 4.90 Å². The van der Waals surface area contributed by atoms with E-state index in [1.165, 1.54) is 0 Å². The van der Waals surface area contributed by atoms with Crippen molar-refractivity contribution < 1.29 is 9.21 Å². The van der Waals surface area contributed by atoms with Crippen molar-refractivity contribution in [2.45, 2.75) is 51.5 Å². The second kappa shape index (κ2) is 5.81. The molecule has 3 rings (SSSR count). The maximum absolute atomic E-state index is 11.9. The molecule has 0 radical (unpaired) electrons. The lowest BCUT2D eigenvalue weighted by atomic mass is 10.0. The Morgan fingerprint density at radius 3 is 2.95 bits per heavy atom. The Morgan fingerprint density at radius 1 is 1.30 bits per heavy atom. The van der Waals surface area contributed by atoms with Crippen LogP contribution in [0.3, 0.4) is 0 Å². The molecule has 2 aliphatic rings. The molecule has 1 amide bonds. The number of aryl methyl sites for hydroxylation is 1. The van der Waals surface area contributed by atoms with Crippen molar-refractivity contribution in [2.75, 3.05) is 24.5 Å². The monoisotopic (exact) mass is 278 g/mol. The van der Waals surface area contributed by atoms with Crippen LogP contribution in [0.2, 0.25) is 0 Å². The zero-order valence-electron chi connectivity index (χ0n) is 12.0. The summed E-state index contributed by atoms with van der Waals surface area (Å²) in [5, 5.41) is 8.22. The summed E-state index contributed by atoms with van der Waals surface area (Å²) in [6, 6.07) is 0.921. The van der Waals surface area contributed by atoms with Crippen LogP contribution in [0.1, 0.15) is 44.9 Å². The van der Waals surface area contributed by atoms with E-state index in [4.69, 9.17) is 4.42 Å². The Balaban J connectivity index is 1.66. The van der Waals surface area contributed by atoms with E-state index in [1.54, 1.807) is 0 Å². The fourth-order valence-corrected chi connectivity index (χ4v) is 3.13. The number of piperidine rings is 1. The molecule has 0 aromatic carbocycles. The molecule has 1 unspecified atom stereocenters. The van der Waals surface area contributed by atoms with Crippen LogP contribution < -0.4 is 4.90 Å². The Morgan fingerprint density at radius 2 is 2.20 bits per heavy atom. The Kier molecular flexibility index (Phi) is 3.89. The predicted molar refractivity (Wildman–Crippen MR) is 74.5 cm³/mol. The zero-order valence-corrected chi connectivity index (χ0v) is 12.0. The quantitative estimate of drug-likeness (QED) is 0.837. The summed E-state index contributed by atoms with van der Waals surface area (Å²) in [6.07, 6.45) is 5.69. The van der Waals surface area contributed by atoms with E-state index in [0.717, 1.165) is 51.7 Å². The Bertz CT molecular complexity index is 473. The smallest absolute Gasteiger partial charge is 0.318 e. The number of aromatic nitrogens is 2. The van der Waals surface area contributed by atoms with Crippen molar-refractivity contribution in [3.8, 4) is 0 Å². The highest BCUT2D eigenvalue weighted by atomic mass is 16.4. The first kappa shape index (κ1) is 13.4. The molecule has 6 heteroatoms. The second-order valence-corrected chi connectivity index (χ2v) is 5.66. The van der Waals surface area contributed by atoms with Gasteiger partial charge in [0.1, 0.15) is 0 Å². The molecule has 0 bridgehead atoms. The molecule has 20 heavy (non-hydrogen) atoms. The first-order chi connectivity index (χ1) is 9.78. The minimum Gasteiger partial charge on any atom is -0.408 e. The zero-order chi connectivity index (χ0) is 13.9. The van der Waals surface area contributed by atoms with Gasteiger partial charge in [0.05, 0.1) is 0 Å². The van der Waals surface area contributed by atoms with Gasteiger partial charge in [0.25, 0.3) is 0 Å².